The molecule has 1 saturated carbocycles. The molecule has 1 aromatic heterocycles. The molecule has 0 saturated heterocycles. The van der Waals surface area contributed by atoms with Gasteiger partial charge in [0.05, 0.1) is 23.2 Å². The van der Waals surface area contributed by atoms with Crippen LogP contribution in [0.5, 0.6) is 5.75 Å². The molecule has 1 aromatic carbocycles. The number of halogens is 1. The topological polar surface area (TPSA) is 74.2 Å². The SMILES string of the molecule is Cc1cc(Br)c(OCC2CC2)c(-c2noc(CN)n2)c1. The van der Waals surface area contributed by atoms with Crippen LogP contribution in [-0.2, 0) is 6.54 Å². The standard InChI is InChI=1S/C14H16BrN3O2/c1-8-4-10(14-17-12(6-16)20-18-14)13(11(15)5-8)19-7-9-2-3-9/h4-5,9H,2-3,6-7,16H2,1H3. The van der Waals surface area contributed by atoms with E-state index in [2.05, 4.69) is 26.1 Å². The highest BCUT2D eigenvalue weighted by molar-refractivity contribution is 9.10. The molecule has 0 unspecified atom stereocenters. The Hall–Kier alpha value is -1.40. The lowest BCUT2D eigenvalue weighted by atomic mass is 10.1. The summed E-state index contributed by atoms with van der Waals surface area (Å²) in [5, 5.41) is 3.98. The van der Waals surface area contributed by atoms with E-state index in [1.165, 1.54) is 12.8 Å². The molecule has 2 N–H and O–H groups in total. The zero-order chi connectivity index (χ0) is 14.1. The van der Waals surface area contributed by atoms with Gasteiger partial charge >= 0.3 is 0 Å². The Morgan fingerprint density at radius 1 is 1.45 bits per heavy atom. The van der Waals surface area contributed by atoms with Gasteiger partial charge in [-0.1, -0.05) is 5.16 Å². The fourth-order valence-corrected chi connectivity index (χ4v) is 2.66. The fourth-order valence-electron chi connectivity index (χ4n) is 1.97. The lowest BCUT2D eigenvalue weighted by Crippen LogP contribution is -2.02. The van der Waals surface area contributed by atoms with E-state index >= 15 is 0 Å². The fraction of sp³-hybridized carbons (Fsp3) is 0.429. The second-order valence-electron chi connectivity index (χ2n) is 5.09. The molecule has 3 rings (SSSR count). The molecule has 0 atom stereocenters. The van der Waals surface area contributed by atoms with Crippen molar-refractivity contribution in [2.75, 3.05) is 6.61 Å². The van der Waals surface area contributed by atoms with Gasteiger partial charge < -0.3 is 15.0 Å². The van der Waals surface area contributed by atoms with Gasteiger partial charge in [0.25, 0.3) is 0 Å². The second kappa shape index (κ2) is 5.54. The van der Waals surface area contributed by atoms with Crippen LogP contribution in [0.4, 0.5) is 0 Å². The number of nitrogens with zero attached hydrogens (tertiary/aromatic N) is 2. The van der Waals surface area contributed by atoms with E-state index in [0.29, 0.717) is 17.6 Å². The smallest absolute Gasteiger partial charge is 0.240 e. The number of aromatic nitrogens is 2. The molecule has 6 heteroatoms. The molecule has 20 heavy (non-hydrogen) atoms. The summed E-state index contributed by atoms with van der Waals surface area (Å²) in [6, 6.07) is 4.02. The summed E-state index contributed by atoms with van der Waals surface area (Å²) in [5.74, 6) is 2.39. The third-order valence-electron chi connectivity index (χ3n) is 3.23. The van der Waals surface area contributed by atoms with Crippen LogP contribution in [0.1, 0.15) is 24.3 Å². The molecule has 0 aliphatic heterocycles. The lowest BCUT2D eigenvalue weighted by molar-refractivity contribution is 0.299. The maximum Gasteiger partial charge on any atom is 0.240 e. The number of hydrogen-bond donors (Lipinski definition) is 1. The molecule has 1 heterocycles. The number of nitrogens with two attached hydrogens (primary N) is 1. The monoisotopic (exact) mass is 337 g/mol. The zero-order valence-electron chi connectivity index (χ0n) is 11.2. The first-order valence-electron chi connectivity index (χ1n) is 6.63. The summed E-state index contributed by atoms with van der Waals surface area (Å²) in [7, 11) is 0. The largest absolute Gasteiger partial charge is 0.491 e. The minimum Gasteiger partial charge on any atom is -0.491 e. The summed E-state index contributed by atoms with van der Waals surface area (Å²) in [6.07, 6.45) is 2.50. The van der Waals surface area contributed by atoms with E-state index in [-0.39, 0.29) is 6.54 Å². The highest BCUT2D eigenvalue weighted by Crippen LogP contribution is 2.38. The van der Waals surface area contributed by atoms with Gasteiger partial charge in [0, 0.05) is 0 Å². The summed E-state index contributed by atoms with van der Waals surface area (Å²) in [4.78, 5) is 4.28. The highest BCUT2D eigenvalue weighted by atomic mass is 79.9. The summed E-state index contributed by atoms with van der Waals surface area (Å²) in [6.45, 7) is 2.98. The Kier molecular flexibility index (Phi) is 3.76. The van der Waals surface area contributed by atoms with Crippen LogP contribution < -0.4 is 10.5 Å². The van der Waals surface area contributed by atoms with Crippen molar-refractivity contribution in [3.05, 3.63) is 28.1 Å². The molecule has 0 bridgehead atoms. The minimum atomic E-state index is 0.234. The third-order valence-corrected chi connectivity index (χ3v) is 3.82. The lowest BCUT2D eigenvalue weighted by Gasteiger charge is -2.12. The molecule has 0 spiro atoms. The van der Waals surface area contributed by atoms with Crippen molar-refractivity contribution in [1.82, 2.24) is 10.1 Å². The number of benzene rings is 1. The van der Waals surface area contributed by atoms with E-state index < -0.39 is 0 Å². The van der Waals surface area contributed by atoms with Crippen molar-refractivity contribution in [3.63, 3.8) is 0 Å². The Bertz CT molecular complexity index is 623. The molecule has 2 aromatic rings. The van der Waals surface area contributed by atoms with Gasteiger partial charge in [-0.3, -0.25) is 0 Å². The normalized spacial score (nSPS) is 14.6. The van der Waals surface area contributed by atoms with Crippen LogP contribution in [0.3, 0.4) is 0 Å². The molecule has 1 aliphatic carbocycles. The van der Waals surface area contributed by atoms with Crippen molar-refractivity contribution < 1.29 is 9.26 Å². The molecule has 106 valence electrons. The number of aryl methyl sites for hydroxylation is 1. The summed E-state index contributed by atoms with van der Waals surface area (Å²) >= 11 is 3.55. The Labute approximate surface area is 125 Å². The predicted molar refractivity (Wildman–Crippen MR) is 78.3 cm³/mol. The van der Waals surface area contributed by atoms with Gasteiger partial charge in [-0.2, -0.15) is 4.98 Å². The molecular weight excluding hydrogens is 322 g/mol. The zero-order valence-corrected chi connectivity index (χ0v) is 12.8. The molecular formula is C14H16BrN3O2. The molecule has 0 amide bonds. The van der Waals surface area contributed by atoms with E-state index in [1.54, 1.807) is 0 Å². The Balaban J connectivity index is 1.97. The average molecular weight is 338 g/mol. The number of rotatable bonds is 5. The molecule has 1 aliphatic rings. The Morgan fingerprint density at radius 2 is 2.25 bits per heavy atom. The van der Waals surface area contributed by atoms with Crippen LogP contribution in [-0.4, -0.2) is 16.7 Å². The third kappa shape index (κ3) is 2.86. The second-order valence-corrected chi connectivity index (χ2v) is 5.95. The van der Waals surface area contributed by atoms with Crippen LogP contribution in [0.15, 0.2) is 21.1 Å². The van der Waals surface area contributed by atoms with Crippen LogP contribution in [0, 0.1) is 12.8 Å². The number of ether oxygens (including phenoxy) is 1. The van der Waals surface area contributed by atoms with Gasteiger partial charge in [0.1, 0.15) is 5.75 Å². The van der Waals surface area contributed by atoms with Gasteiger partial charge in [0.15, 0.2) is 0 Å². The van der Waals surface area contributed by atoms with E-state index in [4.69, 9.17) is 15.0 Å². The first kappa shape index (κ1) is 13.6. The molecule has 0 radical (unpaired) electrons. The summed E-state index contributed by atoms with van der Waals surface area (Å²) in [5.41, 5.74) is 7.44. The Morgan fingerprint density at radius 3 is 2.90 bits per heavy atom. The predicted octanol–water partition coefficient (Wildman–Crippen LogP) is 3.06. The molecule has 5 nitrogen and oxygen atoms in total. The van der Waals surface area contributed by atoms with Crippen LogP contribution >= 0.6 is 15.9 Å². The van der Waals surface area contributed by atoms with Crippen molar-refractivity contribution in [1.29, 1.82) is 0 Å². The van der Waals surface area contributed by atoms with E-state index in [9.17, 15) is 0 Å². The van der Waals surface area contributed by atoms with E-state index in [0.717, 1.165) is 28.0 Å². The van der Waals surface area contributed by atoms with Gasteiger partial charge in [0.2, 0.25) is 11.7 Å². The maximum atomic E-state index is 5.94. The van der Waals surface area contributed by atoms with E-state index in [1.807, 2.05) is 19.1 Å². The minimum absolute atomic E-state index is 0.234. The van der Waals surface area contributed by atoms with Crippen molar-refractivity contribution in [2.24, 2.45) is 11.7 Å². The first-order valence-corrected chi connectivity index (χ1v) is 7.42. The molecule has 1 fully saturated rings. The van der Waals surface area contributed by atoms with Gasteiger partial charge in [-0.15, -0.1) is 0 Å². The van der Waals surface area contributed by atoms with Crippen molar-refractivity contribution in [2.45, 2.75) is 26.3 Å². The van der Waals surface area contributed by atoms with Gasteiger partial charge in [-0.05, 0) is 59.3 Å². The highest BCUT2D eigenvalue weighted by Gasteiger charge is 2.24. The van der Waals surface area contributed by atoms with Crippen LogP contribution in [0.2, 0.25) is 0 Å². The number of hydrogen-bond acceptors (Lipinski definition) is 5. The quantitative estimate of drug-likeness (QED) is 0.907. The van der Waals surface area contributed by atoms with Gasteiger partial charge in [-0.25, -0.2) is 0 Å². The van der Waals surface area contributed by atoms with Crippen molar-refractivity contribution >= 4 is 15.9 Å². The average Bonchev–Trinajstić information content (AvgIpc) is 3.12. The maximum absolute atomic E-state index is 5.94. The van der Waals surface area contributed by atoms with Crippen LogP contribution in [0.25, 0.3) is 11.4 Å². The van der Waals surface area contributed by atoms with Crippen molar-refractivity contribution in [3.8, 4) is 17.1 Å². The summed E-state index contributed by atoms with van der Waals surface area (Å²) < 4.78 is 11.9. The first-order chi connectivity index (χ1) is 9.67.